The molecule has 0 amide bonds. The van der Waals surface area contributed by atoms with Gasteiger partial charge < -0.3 is 16.2 Å². The summed E-state index contributed by atoms with van der Waals surface area (Å²) in [7, 11) is 0. The van der Waals surface area contributed by atoms with Crippen LogP contribution in [0.3, 0.4) is 0 Å². The first kappa shape index (κ1) is 9.49. The third kappa shape index (κ3) is 1.89. The first-order chi connectivity index (χ1) is 6.77. The number of para-hydroxylation sites is 1. The highest BCUT2D eigenvalue weighted by atomic mass is 16.3. The molecule has 76 valence electrons. The van der Waals surface area contributed by atoms with Crippen molar-refractivity contribution in [3.05, 3.63) is 29.8 Å². The fourth-order valence-corrected chi connectivity index (χ4v) is 1.97. The summed E-state index contributed by atoms with van der Waals surface area (Å²) in [5.41, 5.74) is 6.85. The van der Waals surface area contributed by atoms with Crippen LogP contribution >= 0.6 is 0 Å². The third-order valence-corrected chi connectivity index (χ3v) is 2.76. The van der Waals surface area contributed by atoms with Crippen molar-refractivity contribution in [1.82, 2.24) is 5.32 Å². The number of nitrogens with two attached hydrogens (primary N) is 1. The summed E-state index contributed by atoms with van der Waals surface area (Å²) in [5, 5.41) is 13.0. The van der Waals surface area contributed by atoms with Crippen molar-refractivity contribution >= 4 is 0 Å². The molecule has 0 bridgehead atoms. The third-order valence-electron chi connectivity index (χ3n) is 2.76. The first-order valence-electron chi connectivity index (χ1n) is 5.04. The zero-order valence-electron chi connectivity index (χ0n) is 8.11. The Morgan fingerprint density at radius 1 is 1.36 bits per heavy atom. The molecular formula is C11H16N2O. The van der Waals surface area contributed by atoms with Crippen molar-refractivity contribution < 1.29 is 5.11 Å². The van der Waals surface area contributed by atoms with E-state index < -0.39 is 0 Å². The number of rotatable bonds is 1. The number of aromatic hydroxyl groups is 1. The van der Waals surface area contributed by atoms with Crippen LogP contribution in [0.5, 0.6) is 5.75 Å². The molecule has 0 aliphatic carbocycles. The van der Waals surface area contributed by atoms with E-state index >= 15 is 0 Å². The second-order valence-electron chi connectivity index (χ2n) is 3.85. The lowest BCUT2D eigenvalue weighted by atomic mass is 9.94. The molecule has 3 heteroatoms. The molecule has 1 aromatic carbocycles. The SMILES string of the molecule is N[C@@H]1CCN[C@H](c2ccccc2O)C1. The number of phenolic OH excluding ortho intramolecular Hbond substituents is 1. The van der Waals surface area contributed by atoms with E-state index in [1.54, 1.807) is 6.07 Å². The van der Waals surface area contributed by atoms with Gasteiger partial charge in [0.15, 0.2) is 0 Å². The molecule has 2 rings (SSSR count). The number of hydrogen-bond acceptors (Lipinski definition) is 3. The first-order valence-corrected chi connectivity index (χ1v) is 5.04. The summed E-state index contributed by atoms with van der Waals surface area (Å²) < 4.78 is 0. The normalized spacial score (nSPS) is 27.5. The molecule has 14 heavy (non-hydrogen) atoms. The van der Waals surface area contributed by atoms with Gasteiger partial charge in [0.2, 0.25) is 0 Å². The lowest BCUT2D eigenvalue weighted by Gasteiger charge is -2.28. The quantitative estimate of drug-likeness (QED) is 0.625. The number of nitrogens with one attached hydrogen (secondary N) is 1. The average Bonchev–Trinajstić information content (AvgIpc) is 2.18. The molecule has 3 nitrogen and oxygen atoms in total. The molecule has 0 aromatic heterocycles. The predicted molar refractivity (Wildman–Crippen MR) is 56.1 cm³/mol. The average molecular weight is 192 g/mol. The van der Waals surface area contributed by atoms with Crippen molar-refractivity contribution in [2.24, 2.45) is 5.73 Å². The van der Waals surface area contributed by atoms with Gasteiger partial charge in [0.1, 0.15) is 5.75 Å². The van der Waals surface area contributed by atoms with Crippen molar-refractivity contribution in [3.63, 3.8) is 0 Å². The van der Waals surface area contributed by atoms with Crippen LogP contribution in [-0.4, -0.2) is 17.7 Å². The van der Waals surface area contributed by atoms with E-state index in [9.17, 15) is 5.11 Å². The molecule has 0 radical (unpaired) electrons. The van der Waals surface area contributed by atoms with Gasteiger partial charge in [-0.25, -0.2) is 0 Å². The second-order valence-corrected chi connectivity index (χ2v) is 3.85. The topological polar surface area (TPSA) is 58.3 Å². The summed E-state index contributed by atoms with van der Waals surface area (Å²) in [5.74, 6) is 0.360. The van der Waals surface area contributed by atoms with Gasteiger partial charge in [0.05, 0.1) is 0 Å². The van der Waals surface area contributed by atoms with E-state index in [1.807, 2.05) is 18.2 Å². The Kier molecular flexibility index (Phi) is 2.70. The molecular weight excluding hydrogens is 176 g/mol. The van der Waals surface area contributed by atoms with Gasteiger partial charge in [0, 0.05) is 17.6 Å². The van der Waals surface area contributed by atoms with Crippen LogP contribution in [0.25, 0.3) is 0 Å². The molecule has 1 heterocycles. The highest BCUT2D eigenvalue weighted by Gasteiger charge is 2.21. The maximum absolute atomic E-state index is 9.67. The Morgan fingerprint density at radius 2 is 2.14 bits per heavy atom. The monoisotopic (exact) mass is 192 g/mol. The van der Waals surface area contributed by atoms with E-state index in [1.165, 1.54) is 0 Å². The van der Waals surface area contributed by atoms with Crippen LogP contribution in [0.2, 0.25) is 0 Å². The van der Waals surface area contributed by atoms with Gasteiger partial charge in [-0.1, -0.05) is 18.2 Å². The molecule has 1 aromatic rings. The molecule has 0 unspecified atom stereocenters. The van der Waals surface area contributed by atoms with Crippen LogP contribution in [0.1, 0.15) is 24.4 Å². The predicted octanol–water partition coefficient (Wildman–Crippen LogP) is 1.14. The van der Waals surface area contributed by atoms with Gasteiger partial charge in [-0.3, -0.25) is 0 Å². The Hall–Kier alpha value is -1.06. The lowest BCUT2D eigenvalue weighted by Crippen LogP contribution is -2.38. The number of benzene rings is 1. The summed E-state index contributed by atoms with van der Waals surface area (Å²) in [4.78, 5) is 0. The van der Waals surface area contributed by atoms with E-state index in [0.29, 0.717) is 5.75 Å². The van der Waals surface area contributed by atoms with Crippen molar-refractivity contribution in [2.75, 3.05) is 6.54 Å². The van der Waals surface area contributed by atoms with Crippen molar-refractivity contribution in [3.8, 4) is 5.75 Å². The Morgan fingerprint density at radius 3 is 2.86 bits per heavy atom. The van der Waals surface area contributed by atoms with Gasteiger partial charge in [-0.2, -0.15) is 0 Å². The van der Waals surface area contributed by atoms with Crippen LogP contribution < -0.4 is 11.1 Å². The van der Waals surface area contributed by atoms with Crippen LogP contribution in [0, 0.1) is 0 Å². The van der Waals surface area contributed by atoms with Crippen molar-refractivity contribution in [1.29, 1.82) is 0 Å². The largest absolute Gasteiger partial charge is 0.508 e. The zero-order valence-corrected chi connectivity index (χ0v) is 8.11. The number of hydrogen-bond donors (Lipinski definition) is 3. The molecule has 1 aliphatic heterocycles. The maximum atomic E-state index is 9.67. The molecule has 0 saturated carbocycles. The van der Waals surface area contributed by atoms with Gasteiger partial charge in [-0.05, 0) is 25.5 Å². The summed E-state index contributed by atoms with van der Waals surface area (Å²) in [6.45, 7) is 0.931. The fourth-order valence-electron chi connectivity index (χ4n) is 1.97. The van der Waals surface area contributed by atoms with Crippen molar-refractivity contribution in [2.45, 2.75) is 24.9 Å². The van der Waals surface area contributed by atoms with E-state index in [-0.39, 0.29) is 12.1 Å². The standard InChI is InChI=1S/C11H16N2O/c12-8-5-6-13-10(7-8)9-3-1-2-4-11(9)14/h1-4,8,10,13-14H,5-7,12H2/t8-,10+/m1/s1. The van der Waals surface area contributed by atoms with Gasteiger partial charge >= 0.3 is 0 Å². The van der Waals surface area contributed by atoms with Gasteiger partial charge in [0.25, 0.3) is 0 Å². The minimum atomic E-state index is 0.208. The summed E-state index contributed by atoms with van der Waals surface area (Å²) in [6, 6.07) is 7.90. The second kappa shape index (κ2) is 3.98. The summed E-state index contributed by atoms with van der Waals surface area (Å²) in [6.07, 6.45) is 1.92. The van der Waals surface area contributed by atoms with Gasteiger partial charge in [-0.15, -0.1) is 0 Å². The number of piperidine rings is 1. The molecule has 1 aliphatic rings. The lowest BCUT2D eigenvalue weighted by molar-refractivity contribution is 0.357. The highest BCUT2D eigenvalue weighted by molar-refractivity contribution is 5.34. The summed E-state index contributed by atoms with van der Waals surface area (Å²) >= 11 is 0. The van der Waals surface area contributed by atoms with Crippen LogP contribution in [0.15, 0.2) is 24.3 Å². The Balaban J connectivity index is 2.18. The smallest absolute Gasteiger partial charge is 0.120 e. The fraction of sp³-hybridized carbons (Fsp3) is 0.455. The Bertz CT molecular complexity index is 314. The van der Waals surface area contributed by atoms with Crippen LogP contribution in [-0.2, 0) is 0 Å². The van der Waals surface area contributed by atoms with Crippen LogP contribution in [0.4, 0.5) is 0 Å². The molecule has 1 saturated heterocycles. The molecule has 4 N–H and O–H groups in total. The van der Waals surface area contributed by atoms with E-state index in [0.717, 1.165) is 24.9 Å². The molecule has 2 atom stereocenters. The minimum Gasteiger partial charge on any atom is -0.508 e. The zero-order chi connectivity index (χ0) is 9.97. The van der Waals surface area contributed by atoms with E-state index in [2.05, 4.69) is 5.32 Å². The highest BCUT2D eigenvalue weighted by Crippen LogP contribution is 2.28. The number of phenols is 1. The van der Waals surface area contributed by atoms with E-state index in [4.69, 9.17) is 5.73 Å². The maximum Gasteiger partial charge on any atom is 0.120 e. The Labute approximate surface area is 83.9 Å². The molecule has 0 spiro atoms. The molecule has 1 fully saturated rings. The minimum absolute atomic E-state index is 0.208.